The van der Waals surface area contributed by atoms with Gasteiger partial charge in [0, 0.05) is 61.2 Å². The third-order valence-corrected chi connectivity index (χ3v) is 14.9. The van der Waals surface area contributed by atoms with Crippen LogP contribution in [0.2, 0.25) is 0 Å². The van der Waals surface area contributed by atoms with Crippen molar-refractivity contribution in [3.8, 4) is 76.3 Å². The molecule has 402 valence electrons. The first kappa shape index (κ1) is 59.5. The maximum absolute atomic E-state index is 12.7. The molecule has 9 aromatic rings. The van der Waals surface area contributed by atoms with Gasteiger partial charge in [0.2, 0.25) is 0 Å². The molecular formula is C55H50F6N8O4RuS3. The summed E-state index contributed by atoms with van der Waals surface area (Å²) >= 11 is 5.27. The van der Waals surface area contributed by atoms with Crippen LogP contribution in [-0.4, -0.2) is 43.1 Å². The summed E-state index contributed by atoms with van der Waals surface area (Å²) in [5.74, 6) is 0.627. The van der Waals surface area contributed by atoms with Gasteiger partial charge in [-0.25, -0.2) is 4.98 Å². The van der Waals surface area contributed by atoms with Gasteiger partial charge in [-0.2, -0.15) is 32.5 Å². The number of hydrogen-bond donors (Lipinski definition) is 0. The van der Waals surface area contributed by atoms with Crippen LogP contribution in [0.15, 0.2) is 115 Å². The molecule has 0 fully saturated rings. The summed E-state index contributed by atoms with van der Waals surface area (Å²) in [6, 6.07) is 24.6. The predicted octanol–water partition coefficient (Wildman–Crippen LogP) is 15.2. The quantitative estimate of drug-likeness (QED) is 0.0308. The summed E-state index contributed by atoms with van der Waals surface area (Å²) in [7, 11) is 0. The van der Waals surface area contributed by atoms with Crippen molar-refractivity contribution in [3.63, 3.8) is 0 Å². The van der Waals surface area contributed by atoms with Crippen molar-refractivity contribution in [2.45, 2.75) is 97.3 Å². The number of nitrogens with zero attached hydrogens (tertiary/aromatic N) is 8. The zero-order valence-corrected chi connectivity index (χ0v) is 45.9. The van der Waals surface area contributed by atoms with Crippen LogP contribution >= 0.6 is 34.0 Å². The Hall–Kier alpha value is -6.74. The van der Waals surface area contributed by atoms with Gasteiger partial charge in [0.1, 0.15) is 22.9 Å². The third-order valence-electron chi connectivity index (χ3n) is 11.4. The van der Waals surface area contributed by atoms with E-state index < -0.39 is 23.7 Å². The average molecular weight is 1200 g/mol. The molecule has 0 radical (unpaired) electrons. The number of carbonyl (C=O) groups excluding carboxylic acids is 2. The Bertz CT molecular complexity index is 3280. The van der Waals surface area contributed by atoms with Gasteiger partial charge in [0.25, 0.3) is 12.9 Å². The van der Waals surface area contributed by atoms with Gasteiger partial charge >= 0.3 is 31.8 Å². The minimum atomic E-state index is -4.50. The second-order valence-corrected chi connectivity index (χ2v) is 20.3. The van der Waals surface area contributed by atoms with E-state index in [2.05, 4.69) is 85.8 Å². The van der Waals surface area contributed by atoms with E-state index >= 15 is 0 Å². The topological polar surface area (TPSA) is 158 Å². The van der Waals surface area contributed by atoms with E-state index in [0.29, 0.717) is 52.9 Å². The van der Waals surface area contributed by atoms with Gasteiger partial charge < -0.3 is 29.9 Å². The minimum absolute atomic E-state index is 0. The Kier molecular flexibility index (Phi) is 22.1. The number of aryl methyl sites for hydroxylation is 3. The van der Waals surface area contributed by atoms with E-state index in [1.807, 2.05) is 29.5 Å². The van der Waals surface area contributed by atoms with Crippen LogP contribution in [0.3, 0.4) is 0 Å². The number of alkyl halides is 6. The Balaban J connectivity index is 0.000000226. The molecular weight excluding hydrogens is 1150 g/mol. The summed E-state index contributed by atoms with van der Waals surface area (Å²) in [5, 5.41) is 14.7. The molecule has 9 aromatic heterocycles. The van der Waals surface area contributed by atoms with Crippen LogP contribution in [-0.2, 0) is 54.3 Å². The number of thiophene rings is 3. The maximum Gasteiger partial charge on any atom is 2.00 e. The molecule has 0 bridgehead atoms. The molecule has 0 atom stereocenters. The van der Waals surface area contributed by atoms with Crippen molar-refractivity contribution in [2.75, 3.05) is 0 Å². The van der Waals surface area contributed by atoms with E-state index in [0.717, 1.165) is 58.5 Å². The molecule has 0 aliphatic carbocycles. The molecule has 0 saturated carbocycles. The Labute approximate surface area is 465 Å². The molecule has 0 spiro atoms. The van der Waals surface area contributed by atoms with E-state index in [-0.39, 0.29) is 25.2 Å². The third kappa shape index (κ3) is 16.9. The van der Waals surface area contributed by atoms with Gasteiger partial charge in [-0.15, -0.1) is 34.0 Å². The molecule has 0 unspecified atom stereocenters. The van der Waals surface area contributed by atoms with E-state index in [9.17, 15) is 35.9 Å². The first-order valence-corrected chi connectivity index (χ1v) is 26.7. The zero-order valence-electron chi connectivity index (χ0n) is 41.8. The van der Waals surface area contributed by atoms with Crippen molar-refractivity contribution in [2.24, 2.45) is 0 Å². The molecule has 0 saturated heterocycles. The van der Waals surface area contributed by atoms with Crippen LogP contribution in [0, 0.1) is 6.92 Å². The van der Waals surface area contributed by atoms with Gasteiger partial charge in [-0.1, -0.05) is 64.1 Å². The van der Waals surface area contributed by atoms with Gasteiger partial charge in [0.15, 0.2) is 0 Å². The summed E-state index contributed by atoms with van der Waals surface area (Å²) in [6.07, 6.45) is 8.92. The van der Waals surface area contributed by atoms with Crippen molar-refractivity contribution in [1.29, 1.82) is 0 Å². The first-order chi connectivity index (χ1) is 36.7. The van der Waals surface area contributed by atoms with E-state index in [1.54, 1.807) is 65.4 Å². The average Bonchev–Trinajstić information content (AvgIpc) is 4.28. The zero-order chi connectivity index (χ0) is 54.1. The molecule has 0 aliphatic heterocycles. The van der Waals surface area contributed by atoms with Crippen LogP contribution < -0.4 is 19.7 Å². The number of pyridine rings is 4. The Morgan fingerprint density at radius 1 is 0.571 bits per heavy atom. The summed E-state index contributed by atoms with van der Waals surface area (Å²) in [4.78, 5) is 46.0. The molecule has 9 heterocycles. The molecule has 0 N–H and O–H groups in total. The summed E-state index contributed by atoms with van der Waals surface area (Å²) in [5.41, 5.74) is 5.33. The maximum atomic E-state index is 12.7. The molecule has 9 rings (SSSR count). The molecule has 0 aromatic carbocycles. The molecule has 22 heteroatoms. The van der Waals surface area contributed by atoms with Gasteiger partial charge in [-0.05, 0) is 121 Å². The fraction of sp³-hybridized carbons (Fsp3) is 0.273. The first-order valence-electron chi connectivity index (χ1n) is 24.1. The number of unbranched alkanes of at least 4 members (excludes halogenated alkanes) is 6. The fourth-order valence-electron chi connectivity index (χ4n) is 7.80. The van der Waals surface area contributed by atoms with Crippen molar-refractivity contribution >= 4 is 47.0 Å². The van der Waals surface area contributed by atoms with Gasteiger partial charge in [0.05, 0.1) is 28.5 Å². The normalized spacial score (nSPS) is 11.2. The van der Waals surface area contributed by atoms with Crippen LogP contribution in [0.25, 0.3) is 64.8 Å². The van der Waals surface area contributed by atoms with E-state index in [4.69, 9.17) is 14.5 Å². The van der Waals surface area contributed by atoms with Crippen molar-refractivity contribution in [1.82, 2.24) is 40.3 Å². The number of carbonyl (C=O) groups is 2. The molecule has 0 amide bonds. The largest absolute Gasteiger partial charge is 2.00 e. The van der Waals surface area contributed by atoms with E-state index in [1.165, 1.54) is 76.9 Å². The Morgan fingerprint density at radius 3 is 1.79 bits per heavy atom. The predicted molar refractivity (Wildman–Crippen MR) is 283 cm³/mol. The summed E-state index contributed by atoms with van der Waals surface area (Å²) < 4.78 is 82.8. The van der Waals surface area contributed by atoms with Crippen LogP contribution in [0.1, 0.15) is 92.6 Å². The Morgan fingerprint density at radius 2 is 1.17 bits per heavy atom. The number of halogens is 6. The number of hydrogen-bond acceptors (Lipinski definition) is 13. The smallest absolute Gasteiger partial charge is 0.581 e. The van der Waals surface area contributed by atoms with Crippen LogP contribution in [0.5, 0.6) is 11.5 Å². The summed E-state index contributed by atoms with van der Waals surface area (Å²) in [6.45, 7) is 7.32. The van der Waals surface area contributed by atoms with Crippen LogP contribution in [0.4, 0.5) is 26.3 Å². The fourth-order valence-corrected chi connectivity index (χ4v) is 11.0. The van der Waals surface area contributed by atoms with Gasteiger partial charge in [-0.3, -0.25) is 24.5 Å². The monoisotopic (exact) mass is 1200 g/mol. The molecule has 77 heavy (non-hydrogen) atoms. The number of ether oxygens (including phenoxy) is 2. The minimum Gasteiger partial charge on any atom is -0.581 e. The molecule has 0 aliphatic rings. The second kappa shape index (κ2) is 28.6. The number of aromatic nitrogens is 8. The second-order valence-electron chi connectivity index (χ2n) is 17.0. The number of rotatable bonds is 20. The standard InChI is InChI=1S/C32H29N3O4S2.C19H19F3N3S.C4H2F3N2.Ru/c1-3-4-5-6-7-23-14-21(2)40-32(23)31-9-8-30(41-31)22-10-12-33-26(15-22)28-17-25(39-20-37)18-29(35-28)27-16-24(38-19-36)11-13-34-27;1-2-3-4-5-6-13-8-10-26-18(13)14-7-9-23-15(11-14)16-12-17(25-24-16)19(20,21)22;5-4(6,7)3-1-2-8-9-3;/h8-20H,3-7H2,1-2H3;7-12H,2-6H2,1H3;1-2H;/q;2*-1;+2. The molecule has 12 nitrogen and oxygen atoms in total. The SMILES string of the molecule is CCCCCCc1cc(C)sc1-c1ccc(-c2ccnc(-c3cc(OC=O)cc(-c4cc(OC=O)ccn4)n3)c2)s1.CCCCCCc1ccsc1-c1ccnc(-c2cc(C(F)(F)F)n[n-]2)c1.FC(F)(F)c1cc[n-]n1.[Ru+2]. The van der Waals surface area contributed by atoms with Crippen molar-refractivity contribution < 1.29 is 64.9 Å². The van der Waals surface area contributed by atoms with Crippen molar-refractivity contribution in [3.05, 3.63) is 142 Å².